The van der Waals surface area contributed by atoms with Crippen LogP contribution in [0.15, 0.2) is 12.2 Å². The first kappa shape index (κ1) is 20.1. The Hall–Kier alpha value is -2.15. The smallest absolute Gasteiger partial charge is 0.341 e. The summed E-state index contributed by atoms with van der Waals surface area (Å²) in [6.07, 6.45) is 8.90. The highest BCUT2D eigenvalue weighted by Gasteiger charge is 2.51. The van der Waals surface area contributed by atoms with Gasteiger partial charge in [0.2, 0.25) is 5.91 Å². The third kappa shape index (κ3) is 3.61. The number of anilines is 1. The topological polar surface area (TPSA) is 92.7 Å². The molecule has 156 valence electrons. The summed E-state index contributed by atoms with van der Waals surface area (Å²) in [5.41, 5.74) is 1.47. The van der Waals surface area contributed by atoms with E-state index < -0.39 is 23.8 Å². The number of carbonyl (C=O) groups is 3. The van der Waals surface area contributed by atoms with Crippen LogP contribution in [0.3, 0.4) is 0 Å². The van der Waals surface area contributed by atoms with Crippen molar-refractivity contribution in [2.75, 3.05) is 5.32 Å². The minimum atomic E-state index is -0.927. The number of nitrogens with one attached hydrogen (secondary N) is 1. The number of hydrogen-bond donors (Lipinski definition) is 2. The van der Waals surface area contributed by atoms with Crippen molar-refractivity contribution in [1.29, 1.82) is 0 Å². The highest BCUT2D eigenvalue weighted by Crippen LogP contribution is 2.49. The molecule has 1 heterocycles. The fraction of sp³-hybridized carbons (Fsp3) is 0.591. The lowest BCUT2D eigenvalue weighted by molar-refractivity contribution is -0.146. The summed E-state index contributed by atoms with van der Waals surface area (Å²) in [7, 11) is 0. The minimum Gasteiger partial charge on any atom is -0.481 e. The van der Waals surface area contributed by atoms with Crippen LogP contribution in [-0.2, 0) is 27.2 Å². The van der Waals surface area contributed by atoms with Gasteiger partial charge in [-0.3, -0.25) is 9.59 Å². The maximum Gasteiger partial charge on any atom is 0.341 e. The van der Waals surface area contributed by atoms with Crippen molar-refractivity contribution in [3.8, 4) is 0 Å². The molecule has 1 aromatic rings. The maximum absolute atomic E-state index is 13.1. The lowest BCUT2D eigenvalue weighted by Crippen LogP contribution is -2.36. The van der Waals surface area contributed by atoms with Crippen LogP contribution in [0.5, 0.6) is 0 Å². The summed E-state index contributed by atoms with van der Waals surface area (Å²) < 4.78 is 5.58. The van der Waals surface area contributed by atoms with Gasteiger partial charge in [0.1, 0.15) is 5.00 Å². The lowest BCUT2D eigenvalue weighted by Gasteiger charge is -2.23. The van der Waals surface area contributed by atoms with Gasteiger partial charge in [-0.05, 0) is 62.8 Å². The van der Waals surface area contributed by atoms with Gasteiger partial charge in [0.25, 0.3) is 0 Å². The second-order valence-corrected chi connectivity index (χ2v) is 9.47. The predicted molar refractivity (Wildman–Crippen MR) is 110 cm³/mol. The fourth-order valence-corrected chi connectivity index (χ4v) is 6.19. The van der Waals surface area contributed by atoms with Gasteiger partial charge in [-0.2, -0.15) is 0 Å². The first-order valence-corrected chi connectivity index (χ1v) is 11.3. The largest absolute Gasteiger partial charge is 0.481 e. The number of esters is 1. The number of carboxylic acids is 1. The summed E-state index contributed by atoms with van der Waals surface area (Å²) in [6, 6.07) is 0. The molecular formula is C22H27NO5S. The Bertz CT molecular complexity index is 873. The van der Waals surface area contributed by atoms with Crippen LogP contribution in [0.2, 0.25) is 0 Å². The van der Waals surface area contributed by atoms with Gasteiger partial charge in [-0.25, -0.2) is 4.79 Å². The highest BCUT2D eigenvalue weighted by molar-refractivity contribution is 7.17. The van der Waals surface area contributed by atoms with Crippen LogP contribution in [0.1, 0.15) is 60.3 Å². The van der Waals surface area contributed by atoms with E-state index in [9.17, 15) is 19.5 Å². The third-order valence-electron chi connectivity index (χ3n) is 6.54. The number of allylic oxidation sites excluding steroid dienone is 2. The molecule has 6 nitrogen and oxygen atoms in total. The van der Waals surface area contributed by atoms with E-state index in [0.717, 1.165) is 42.5 Å². The molecule has 29 heavy (non-hydrogen) atoms. The van der Waals surface area contributed by atoms with Gasteiger partial charge in [0.05, 0.1) is 23.5 Å². The molecule has 3 aliphatic rings. The zero-order valence-corrected chi connectivity index (χ0v) is 17.6. The molecule has 0 aliphatic heterocycles. The second-order valence-electron chi connectivity index (χ2n) is 8.37. The number of fused-ring (bicyclic) bond motifs is 3. The Labute approximate surface area is 174 Å². The number of ether oxygens (including phenoxy) is 1. The first-order valence-electron chi connectivity index (χ1n) is 10.5. The average Bonchev–Trinajstić information content (AvgIpc) is 3.39. The molecule has 1 fully saturated rings. The van der Waals surface area contributed by atoms with Gasteiger partial charge >= 0.3 is 11.9 Å². The Kier molecular flexibility index (Phi) is 5.51. The van der Waals surface area contributed by atoms with Crippen LogP contribution in [-0.4, -0.2) is 29.1 Å². The quantitative estimate of drug-likeness (QED) is 0.538. The van der Waals surface area contributed by atoms with E-state index in [4.69, 9.17) is 4.74 Å². The lowest BCUT2D eigenvalue weighted by atomic mass is 9.82. The number of amides is 1. The predicted octanol–water partition coefficient (Wildman–Crippen LogP) is 4.04. The summed E-state index contributed by atoms with van der Waals surface area (Å²) in [4.78, 5) is 38.9. The molecule has 4 rings (SSSR count). The van der Waals surface area contributed by atoms with E-state index in [1.54, 1.807) is 0 Å². The summed E-state index contributed by atoms with van der Waals surface area (Å²) in [5.74, 6) is -3.05. The van der Waals surface area contributed by atoms with E-state index in [1.807, 2.05) is 26.0 Å². The minimum absolute atomic E-state index is 0.0498. The SMILES string of the molecule is CC[C@H](C)OC(=O)c1c(NC(=O)[C@@H]2[C@H](C(=O)O)[C@H]3C=C[C@H]2C3)sc2c1CCCC2. The van der Waals surface area contributed by atoms with Crippen molar-refractivity contribution in [2.45, 2.75) is 58.5 Å². The van der Waals surface area contributed by atoms with Crippen molar-refractivity contribution >= 4 is 34.2 Å². The van der Waals surface area contributed by atoms with Gasteiger partial charge in [0, 0.05) is 4.88 Å². The molecule has 3 aliphatic carbocycles. The fourth-order valence-electron chi connectivity index (χ4n) is 4.91. The zero-order valence-electron chi connectivity index (χ0n) is 16.8. The molecule has 0 radical (unpaired) electrons. The average molecular weight is 418 g/mol. The number of carbonyl (C=O) groups excluding carboxylic acids is 2. The molecule has 5 atom stereocenters. The summed E-state index contributed by atoms with van der Waals surface area (Å²) in [5, 5.41) is 13.1. The van der Waals surface area contributed by atoms with Gasteiger partial charge in [0.15, 0.2) is 0 Å². The first-order chi connectivity index (χ1) is 13.9. The number of hydrogen-bond acceptors (Lipinski definition) is 5. The molecule has 1 aromatic heterocycles. The second kappa shape index (κ2) is 7.94. The van der Waals surface area contributed by atoms with E-state index in [-0.39, 0.29) is 23.8 Å². The molecule has 0 spiro atoms. The molecule has 0 aromatic carbocycles. The molecule has 0 unspecified atom stereocenters. The summed E-state index contributed by atoms with van der Waals surface area (Å²) in [6.45, 7) is 3.81. The normalized spacial score (nSPS) is 28.1. The molecule has 7 heteroatoms. The van der Waals surface area contributed by atoms with Crippen molar-refractivity contribution in [2.24, 2.45) is 23.7 Å². The van der Waals surface area contributed by atoms with Crippen LogP contribution >= 0.6 is 11.3 Å². The van der Waals surface area contributed by atoms with Gasteiger partial charge < -0.3 is 15.2 Å². The van der Waals surface area contributed by atoms with E-state index in [1.165, 1.54) is 11.3 Å². The molecule has 0 saturated heterocycles. The number of aryl methyl sites for hydroxylation is 1. The van der Waals surface area contributed by atoms with E-state index in [2.05, 4.69) is 5.32 Å². The van der Waals surface area contributed by atoms with Crippen molar-refractivity contribution in [3.63, 3.8) is 0 Å². The Morgan fingerprint density at radius 3 is 2.59 bits per heavy atom. The number of thiophene rings is 1. The number of rotatable bonds is 6. The number of carboxylic acid groups (broad SMARTS) is 1. The van der Waals surface area contributed by atoms with Crippen LogP contribution in [0, 0.1) is 23.7 Å². The Morgan fingerprint density at radius 2 is 1.90 bits per heavy atom. The highest BCUT2D eigenvalue weighted by atomic mass is 32.1. The molecule has 2 N–H and O–H groups in total. The molecule has 1 amide bonds. The molecule has 2 bridgehead atoms. The Morgan fingerprint density at radius 1 is 1.21 bits per heavy atom. The van der Waals surface area contributed by atoms with E-state index in [0.29, 0.717) is 17.0 Å². The zero-order chi connectivity index (χ0) is 20.7. The molecular weight excluding hydrogens is 390 g/mol. The van der Waals surface area contributed by atoms with Crippen molar-refractivity contribution in [1.82, 2.24) is 0 Å². The number of aliphatic carboxylic acids is 1. The van der Waals surface area contributed by atoms with Crippen molar-refractivity contribution < 1.29 is 24.2 Å². The molecule has 1 saturated carbocycles. The van der Waals surface area contributed by atoms with Gasteiger partial charge in [-0.1, -0.05) is 19.1 Å². The monoisotopic (exact) mass is 417 g/mol. The van der Waals surface area contributed by atoms with Crippen LogP contribution in [0.25, 0.3) is 0 Å². The maximum atomic E-state index is 13.1. The Balaban J connectivity index is 1.62. The van der Waals surface area contributed by atoms with E-state index >= 15 is 0 Å². The third-order valence-corrected chi connectivity index (χ3v) is 7.75. The van der Waals surface area contributed by atoms with Gasteiger partial charge in [-0.15, -0.1) is 11.3 Å². The van der Waals surface area contributed by atoms with Crippen molar-refractivity contribution in [3.05, 3.63) is 28.2 Å². The summed E-state index contributed by atoms with van der Waals surface area (Å²) >= 11 is 1.44. The van der Waals surface area contributed by atoms with Crippen LogP contribution in [0.4, 0.5) is 5.00 Å². The standard InChI is InChI=1S/C22H27NO5S/c1-3-11(2)28-22(27)18-14-6-4-5-7-15(14)29-20(18)23-19(24)16-12-8-9-13(10-12)17(16)21(25)26/h8-9,11-13,16-17H,3-7,10H2,1-2H3,(H,23,24)(H,25,26)/t11-,12-,13-,16-,17+/m0/s1. The van der Waals surface area contributed by atoms with Crippen LogP contribution < -0.4 is 5.32 Å².